The molecule has 0 heterocycles. The number of hydrogen-bond donors (Lipinski definition) is 0. The second-order valence-electron chi connectivity index (χ2n) is 1.47. The van der Waals surface area contributed by atoms with Crippen molar-refractivity contribution in [2.75, 3.05) is 11.5 Å². The summed E-state index contributed by atoms with van der Waals surface area (Å²) >= 11 is 9.46. The van der Waals surface area contributed by atoms with Crippen molar-refractivity contribution in [1.29, 1.82) is 0 Å². The van der Waals surface area contributed by atoms with Crippen molar-refractivity contribution in [3.05, 3.63) is 0 Å². The van der Waals surface area contributed by atoms with Crippen molar-refractivity contribution in [2.24, 2.45) is 0 Å². The Kier molecular flexibility index (Phi) is 32.0. The van der Waals surface area contributed by atoms with Gasteiger partial charge in [-0.2, -0.15) is 11.5 Å². The summed E-state index contributed by atoms with van der Waals surface area (Å²) in [6, 6.07) is 0. The van der Waals surface area contributed by atoms with Crippen molar-refractivity contribution in [3.8, 4) is 0 Å². The maximum Gasteiger partial charge on any atom is 1.00 e. The van der Waals surface area contributed by atoms with E-state index in [9.17, 15) is 0 Å². The zero-order valence-corrected chi connectivity index (χ0v) is 9.55. The van der Waals surface area contributed by atoms with E-state index in [1.807, 2.05) is 0 Å². The Morgan fingerprint density at radius 3 is 1.22 bits per heavy atom. The van der Waals surface area contributed by atoms with Crippen LogP contribution >= 0.6 is 0 Å². The summed E-state index contributed by atoms with van der Waals surface area (Å²) in [6.45, 7) is 0. The molecule has 0 aromatic carbocycles. The molecular formula is C5H10Ag2S2. The third-order valence-electron chi connectivity index (χ3n) is 0.789. The molecule has 0 atom stereocenters. The van der Waals surface area contributed by atoms with Crippen LogP contribution in [0.5, 0.6) is 0 Å². The molecule has 0 amide bonds. The fraction of sp³-hybridized carbons (Fsp3) is 1.00. The molecule has 0 N–H and O–H groups in total. The van der Waals surface area contributed by atoms with Crippen molar-refractivity contribution < 1.29 is 44.8 Å². The van der Waals surface area contributed by atoms with Crippen LogP contribution in [0.1, 0.15) is 19.3 Å². The average Bonchev–Trinajstić information content (AvgIpc) is 1.69. The van der Waals surface area contributed by atoms with Crippen molar-refractivity contribution in [3.63, 3.8) is 0 Å². The minimum atomic E-state index is 0. The normalized spacial score (nSPS) is 7.33. The second-order valence-corrected chi connectivity index (χ2v) is 2.29. The van der Waals surface area contributed by atoms with Crippen LogP contribution in [0.2, 0.25) is 0 Å². The smallest absolute Gasteiger partial charge is 0.793 e. The molecule has 64 valence electrons. The van der Waals surface area contributed by atoms with Gasteiger partial charge in [0.1, 0.15) is 0 Å². The fourth-order valence-corrected chi connectivity index (χ4v) is 0.789. The Morgan fingerprint density at radius 1 is 0.667 bits per heavy atom. The topological polar surface area (TPSA) is 0 Å². The molecule has 0 unspecified atom stereocenters. The molecule has 0 radical (unpaired) electrons. The van der Waals surface area contributed by atoms with E-state index in [0.717, 1.165) is 11.5 Å². The largest absolute Gasteiger partial charge is 1.00 e. The molecule has 0 saturated heterocycles. The molecule has 4 heteroatoms. The van der Waals surface area contributed by atoms with Crippen molar-refractivity contribution >= 4 is 25.3 Å². The SMILES string of the molecule is [Ag+].[Ag+].[S-]CCCCC[S-]. The van der Waals surface area contributed by atoms with Gasteiger partial charge in [-0.1, -0.05) is 19.3 Å². The van der Waals surface area contributed by atoms with Crippen LogP contribution in [0.25, 0.3) is 0 Å². The van der Waals surface area contributed by atoms with Crippen LogP contribution in [0, 0.1) is 0 Å². The van der Waals surface area contributed by atoms with Crippen LogP contribution in [0.4, 0.5) is 0 Å². The van der Waals surface area contributed by atoms with E-state index in [1.165, 1.54) is 19.3 Å². The predicted octanol–water partition coefficient (Wildman–Crippen LogP) is 1.25. The second kappa shape index (κ2) is 16.6. The number of unbranched alkanes of at least 4 members (excludes halogenated alkanes) is 2. The molecule has 0 aliphatic rings. The zero-order valence-electron chi connectivity index (χ0n) is 4.96. The van der Waals surface area contributed by atoms with Gasteiger partial charge in [0.2, 0.25) is 0 Å². The van der Waals surface area contributed by atoms with E-state index in [4.69, 9.17) is 25.3 Å². The molecule has 0 aromatic rings. The van der Waals surface area contributed by atoms with Gasteiger partial charge >= 0.3 is 44.8 Å². The van der Waals surface area contributed by atoms with E-state index in [0.29, 0.717) is 0 Å². The monoisotopic (exact) mass is 348 g/mol. The third kappa shape index (κ3) is 17.8. The fourth-order valence-electron chi connectivity index (χ4n) is 0.381. The summed E-state index contributed by atoms with van der Waals surface area (Å²) in [4.78, 5) is 0. The molecule has 0 aliphatic carbocycles. The molecular weight excluding hydrogens is 340 g/mol. The van der Waals surface area contributed by atoms with Gasteiger partial charge in [-0.25, -0.2) is 0 Å². The minimum Gasteiger partial charge on any atom is -0.793 e. The van der Waals surface area contributed by atoms with Crippen molar-refractivity contribution in [1.82, 2.24) is 0 Å². The van der Waals surface area contributed by atoms with E-state index in [1.54, 1.807) is 0 Å². The molecule has 0 saturated carbocycles. The van der Waals surface area contributed by atoms with E-state index >= 15 is 0 Å². The van der Waals surface area contributed by atoms with Gasteiger partial charge < -0.3 is 25.3 Å². The Balaban J connectivity index is -0.000000180. The quantitative estimate of drug-likeness (QED) is 0.425. The molecule has 0 bridgehead atoms. The van der Waals surface area contributed by atoms with Crippen LogP contribution in [0.15, 0.2) is 0 Å². The van der Waals surface area contributed by atoms with Crippen molar-refractivity contribution in [2.45, 2.75) is 19.3 Å². The summed E-state index contributed by atoms with van der Waals surface area (Å²) in [7, 11) is 0. The number of rotatable bonds is 4. The predicted molar refractivity (Wildman–Crippen MR) is 38.3 cm³/mol. The van der Waals surface area contributed by atoms with Crippen LogP contribution in [0.3, 0.4) is 0 Å². The molecule has 0 rings (SSSR count). The molecule has 0 spiro atoms. The first-order valence-electron chi connectivity index (χ1n) is 2.58. The van der Waals surface area contributed by atoms with Crippen LogP contribution < -0.4 is 0 Å². The van der Waals surface area contributed by atoms with Gasteiger partial charge in [-0.3, -0.25) is 0 Å². The third-order valence-corrected chi connectivity index (χ3v) is 1.37. The Morgan fingerprint density at radius 2 is 1.00 bits per heavy atom. The zero-order chi connectivity index (χ0) is 5.54. The first-order chi connectivity index (χ1) is 3.41. The Hall–Kier alpha value is 2.18. The summed E-state index contributed by atoms with van der Waals surface area (Å²) < 4.78 is 0. The molecule has 0 fully saturated rings. The summed E-state index contributed by atoms with van der Waals surface area (Å²) in [5.41, 5.74) is 0. The Bertz CT molecular complexity index is 32.1. The summed E-state index contributed by atoms with van der Waals surface area (Å²) in [5.74, 6) is 1.80. The minimum absolute atomic E-state index is 0. The molecule has 0 aliphatic heterocycles. The number of hydrogen-bond acceptors (Lipinski definition) is 2. The molecule has 0 nitrogen and oxygen atoms in total. The van der Waals surface area contributed by atoms with E-state index in [2.05, 4.69) is 0 Å². The van der Waals surface area contributed by atoms with Gasteiger partial charge in [0.25, 0.3) is 0 Å². The summed E-state index contributed by atoms with van der Waals surface area (Å²) in [5, 5.41) is 0. The van der Waals surface area contributed by atoms with Gasteiger partial charge in [-0.05, 0) is 0 Å². The Labute approximate surface area is 99.8 Å². The van der Waals surface area contributed by atoms with E-state index in [-0.39, 0.29) is 44.8 Å². The van der Waals surface area contributed by atoms with Crippen LogP contribution in [-0.4, -0.2) is 11.5 Å². The van der Waals surface area contributed by atoms with Gasteiger partial charge in [0.15, 0.2) is 0 Å². The standard InChI is InChI=1S/C5H12S2.2Ag/c6-4-2-1-3-5-7;;/h6-7H,1-5H2;;/q;2*+1/p-2. The van der Waals surface area contributed by atoms with Crippen LogP contribution in [-0.2, 0) is 70.0 Å². The molecule has 0 aromatic heterocycles. The first-order valence-corrected chi connectivity index (χ1v) is 3.73. The maximum atomic E-state index is 4.73. The van der Waals surface area contributed by atoms with E-state index < -0.39 is 0 Å². The van der Waals surface area contributed by atoms with Gasteiger partial charge in [0, 0.05) is 0 Å². The van der Waals surface area contributed by atoms with Gasteiger partial charge in [-0.15, -0.1) is 0 Å². The summed E-state index contributed by atoms with van der Waals surface area (Å²) in [6.07, 6.45) is 3.57. The average molecular weight is 350 g/mol. The first kappa shape index (κ1) is 17.3. The molecule has 9 heavy (non-hydrogen) atoms. The maximum absolute atomic E-state index is 4.73. The van der Waals surface area contributed by atoms with Gasteiger partial charge in [0.05, 0.1) is 0 Å².